The molecule has 1 unspecified atom stereocenters. The molecule has 0 aromatic carbocycles. The van der Waals surface area contributed by atoms with Crippen LogP contribution in [0.25, 0.3) is 0 Å². The molecule has 0 saturated heterocycles. The maximum absolute atomic E-state index is 10.6. The predicted molar refractivity (Wildman–Crippen MR) is 45.8 cm³/mol. The Morgan fingerprint density at radius 1 is 1.67 bits per heavy atom. The molecule has 0 fully saturated rings. The molecule has 1 heterocycles. The summed E-state index contributed by atoms with van der Waals surface area (Å²) in [6, 6.07) is 0.218. The summed E-state index contributed by atoms with van der Waals surface area (Å²) in [6.07, 6.45) is 2.69. The van der Waals surface area contributed by atoms with Crippen molar-refractivity contribution in [2.24, 2.45) is 5.73 Å². The number of H-pyrrole nitrogens is 2. The van der Waals surface area contributed by atoms with Crippen LogP contribution in [0.2, 0.25) is 0 Å². The molecule has 4 N–H and O–H groups in total. The minimum absolute atomic E-state index is 0.218. The molecule has 1 atom stereocenters. The van der Waals surface area contributed by atoms with E-state index >= 15 is 0 Å². The lowest BCUT2D eigenvalue weighted by Crippen LogP contribution is -2.14. The molecule has 12 heavy (non-hydrogen) atoms. The van der Waals surface area contributed by atoms with E-state index in [1.165, 1.54) is 0 Å². The molecule has 0 amide bonds. The van der Waals surface area contributed by atoms with Gasteiger partial charge in [-0.3, -0.25) is 4.98 Å². The van der Waals surface area contributed by atoms with Gasteiger partial charge >= 0.3 is 5.69 Å². The van der Waals surface area contributed by atoms with E-state index in [0.717, 1.165) is 19.3 Å². The number of hydrogen-bond acceptors (Lipinski definition) is 3. The Bertz CT molecular complexity index is 275. The predicted octanol–water partition coefficient (Wildman–Crippen LogP) is -0.232. The van der Waals surface area contributed by atoms with Crippen molar-refractivity contribution in [1.29, 1.82) is 0 Å². The van der Waals surface area contributed by atoms with E-state index in [1.807, 2.05) is 6.92 Å². The van der Waals surface area contributed by atoms with Crippen LogP contribution in [0.5, 0.6) is 0 Å². The molecule has 0 saturated carbocycles. The summed E-state index contributed by atoms with van der Waals surface area (Å²) >= 11 is 0. The highest BCUT2D eigenvalue weighted by molar-refractivity contribution is 4.80. The van der Waals surface area contributed by atoms with E-state index in [-0.39, 0.29) is 11.7 Å². The number of rotatable bonds is 4. The summed E-state index contributed by atoms with van der Waals surface area (Å²) in [5.41, 5.74) is 5.32. The molecule has 0 radical (unpaired) electrons. The summed E-state index contributed by atoms with van der Waals surface area (Å²) in [6.45, 7) is 1.97. The quantitative estimate of drug-likeness (QED) is 0.583. The first-order chi connectivity index (χ1) is 5.68. The highest BCUT2D eigenvalue weighted by atomic mass is 16.1. The van der Waals surface area contributed by atoms with Crippen LogP contribution >= 0.6 is 0 Å². The Morgan fingerprint density at radius 3 is 2.92 bits per heavy atom. The first-order valence-electron chi connectivity index (χ1n) is 4.07. The average molecular weight is 170 g/mol. The second kappa shape index (κ2) is 4.06. The van der Waals surface area contributed by atoms with E-state index in [1.54, 1.807) is 0 Å². The Kier molecular flexibility index (Phi) is 3.04. The smallest absolute Gasteiger partial charge is 0.328 e. The summed E-state index contributed by atoms with van der Waals surface area (Å²) in [5, 5.41) is 6.09. The molecule has 0 spiro atoms. The van der Waals surface area contributed by atoms with Crippen molar-refractivity contribution in [3.8, 4) is 0 Å². The van der Waals surface area contributed by atoms with Gasteiger partial charge < -0.3 is 5.73 Å². The van der Waals surface area contributed by atoms with Crippen LogP contribution in [0.1, 0.15) is 25.6 Å². The molecule has 1 aromatic rings. The monoisotopic (exact) mass is 170 g/mol. The molecule has 5 nitrogen and oxygen atoms in total. The van der Waals surface area contributed by atoms with Gasteiger partial charge in [0.25, 0.3) is 0 Å². The minimum Gasteiger partial charge on any atom is -0.328 e. The SMILES string of the molecule is CC(N)CCCc1n[nH]c(=O)[nH]1. The van der Waals surface area contributed by atoms with E-state index in [2.05, 4.69) is 15.2 Å². The zero-order valence-corrected chi connectivity index (χ0v) is 7.13. The van der Waals surface area contributed by atoms with Crippen LogP contribution in [0.3, 0.4) is 0 Å². The second-order valence-corrected chi connectivity index (χ2v) is 2.99. The molecular weight excluding hydrogens is 156 g/mol. The second-order valence-electron chi connectivity index (χ2n) is 2.99. The van der Waals surface area contributed by atoms with Crippen molar-refractivity contribution >= 4 is 0 Å². The van der Waals surface area contributed by atoms with Crippen LogP contribution in [0.4, 0.5) is 0 Å². The Morgan fingerprint density at radius 2 is 2.42 bits per heavy atom. The van der Waals surface area contributed by atoms with Crippen LogP contribution in [-0.4, -0.2) is 21.2 Å². The lowest BCUT2D eigenvalue weighted by molar-refractivity contribution is 0.614. The van der Waals surface area contributed by atoms with Gasteiger partial charge in [-0.05, 0) is 19.8 Å². The van der Waals surface area contributed by atoms with Crippen LogP contribution in [0.15, 0.2) is 4.79 Å². The first-order valence-corrected chi connectivity index (χ1v) is 4.07. The summed E-state index contributed by atoms with van der Waals surface area (Å²) < 4.78 is 0. The van der Waals surface area contributed by atoms with Crippen molar-refractivity contribution < 1.29 is 0 Å². The topological polar surface area (TPSA) is 87.6 Å². The van der Waals surface area contributed by atoms with Gasteiger partial charge in [-0.1, -0.05) is 0 Å². The van der Waals surface area contributed by atoms with Gasteiger partial charge in [-0.25, -0.2) is 9.89 Å². The van der Waals surface area contributed by atoms with E-state index < -0.39 is 0 Å². The Hall–Kier alpha value is -1.10. The largest absolute Gasteiger partial charge is 0.340 e. The Balaban J connectivity index is 2.29. The molecule has 68 valence electrons. The number of hydrogen-bond donors (Lipinski definition) is 3. The number of nitrogens with zero attached hydrogens (tertiary/aromatic N) is 1. The molecular formula is C7H14N4O. The van der Waals surface area contributed by atoms with Crippen molar-refractivity contribution in [3.05, 3.63) is 16.3 Å². The van der Waals surface area contributed by atoms with Crippen molar-refractivity contribution in [3.63, 3.8) is 0 Å². The molecule has 0 bridgehead atoms. The number of aryl methyl sites for hydroxylation is 1. The van der Waals surface area contributed by atoms with Gasteiger partial charge in [0.2, 0.25) is 0 Å². The summed E-state index contributed by atoms with van der Waals surface area (Å²) in [7, 11) is 0. The molecule has 0 aliphatic carbocycles. The highest BCUT2D eigenvalue weighted by Crippen LogP contribution is 1.98. The van der Waals surface area contributed by atoms with Crippen LogP contribution in [-0.2, 0) is 6.42 Å². The molecule has 1 aromatic heterocycles. The number of aromatic amines is 2. The first kappa shape index (κ1) is 8.99. The van der Waals surface area contributed by atoms with Crippen LogP contribution in [0, 0.1) is 0 Å². The van der Waals surface area contributed by atoms with Gasteiger partial charge in [-0.15, -0.1) is 0 Å². The highest BCUT2D eigenvalue weighted by Gasteiger charge is 1.99. The maximum Gasteiger partial charge on any atom is 0.340 e. The number of nitrogens with two attached hydrogens (primary N) is 1. The number of nitrogens with one attached hydrogen (secondary N) is 2. The lowest BCUT2D eigenvalue weighted by atomic mass is 10.1. The van der Waals surface area contributed by atoms with Gasteiger partial charge in [-0.2, -0.15) is 5.10 Å². The zero-order chi connectivity index (χ0) is 8.97. The van der Waals surface area contributed by atoms with Gasteiger partial charge in [0.1, 0.15) is 5.82 Å². The van der Waals surface area contributed by atoms with Gasteiger partial charge in [0.15, 0.2) is 0 Å². The standard InChI is InChI=1S/C7H14N4O/c1-5(8)3-2-4-6-9-7(12)11-10-6/h5H,2-4,8H2,1H3,(H2,9,10,11,12). The average Bonchev–Trinajstić information content (AvgIpc) is 2.35. The van der Waals surface area contributed by atoms with Gasteiger partial charge in [0, 0.05) is 12.5 Å². The summed E-state index contributed by atoms with van der Waals surface area (Å²) in [4.78, 5) is 13.2. The lowest BCUT2D eigenvalue weighted by Gasteiger charge is -2.01. The van der Waals surface area contributed by atoms with Crippen molar-refractivity contribution in [1.82, 2.24) is 15.2 Å². The van der Waals surface area contributed by atoms with Gasteiger partial charge in [0.05, 0.1) is 0 Å². The minimum atomic E-state index is -0.245. The van der Waals surface area contributed by atoms with E-state index in [0.29, 0.717) is 5.82 Å². The van der Waals surface area contributed by atoms with Crippen molar-refractivity contribution in [2.45, 2.75) is 32.2 Å². The normalized spacial score (nSPS) is 13.2. The van der Waals surface area contributed by atoms with E-state index in [9.17, 15) is 4.79 Å². The third-order valence-electron chi connectivity index (χ3n) is 1.62. The Labute approximate surface area is 70.4 Å². The third-order valence-corrected chi connectivity index (χ3v) is 1.62. The zero-order valence-electron chi connectivity index (χ0n) is 7.13. The fraction of sp³-hybridized carbons (Fsp3) is 0.714. The third kappa shape index (κ3) is 2.87. The molecule has 1 rings (SSSR count). The van der Waals surface area contributed by atoms with E-state index in [4.69, 9.17) is 5.73 Å². The fourth-order valence-electron chi connectivity index (χ4n) is 1.02. The van der Waals surface area contributed by atoms with Crippen LogP contribution < -0.4 is 11.4 Å². The van der Waals surface area contributed by atoms with Crippen molar-refractivity contribution in [2.75, 3.05) is 0 Å². The molecule has 5 heteroatoms. The fourth-order valence-corrected chi connectivity index (χ4v) is 1.02. The number of aromatic nitrogens is 3. The summed E-state index contributed by atoms with van der Waals surface area (Å²) in [5.74, 6) is 0.709. The molecule has 0 aliphatic heterocycles. The molecule has 0 aliphatic rings. The maximum atomic E-state index is 10.6.